The first kappa shape index (κ1) is 25.3. The molecule has 0 aromatic carbocycles. The Kier molecular flexibility index (Phi) is 9.88. The van der Waals surface area contributed by atoms with Crippen molar-refractivity contribution in [2.75, 3.05) is 6.61 Å². The number of alkyl halides is 1. The van der Waals surface area contributed by atoms with E-state index in [-0.39, 0.29) is 19.0 Å². The van der Waals surface area contributed by atoms with Crippen molar-refractivity contribution in [1.29, 1.82) is 0 Å². The van der Waals surface area contributed by atoms with Crippen molar-refractivity contribution in [2.45, 2.75) is 90.2 Å². The zero-order valence-corrected chi connectivity index (χ0v) is 17.0. The van der Waals surface area contributed by atoms with E-state index in [1.54, 1.807) is 27.7 Å². The van der Waals surface area contributed by atoms with Gasteiger partial charge in [-0.1, -0.05) is 0 Å². The fraction of sp³-hybridized carbons (Fsp3) is 0.833. The second-order valence-electron chi connectivity index (χ2n) is 8.00. The van der Waals surface area contributed by atoms with Gasteiger partial charge in [-0.25, -0.2) is 4.39 Å². The first-order valence-electron chi connectivity index (χ1n) is 8.99. The Labute approximate surface area is 160 Å². The summed E-state index contributed by atoms with van der Waals surface area (Å²) < 4.78 is 22.7. The zero-order valence-electron chi connectivity index (χ0n) is 17.0. The van der Waals surface area contributed by atoms with Gasteiger partial charge in [0.25, 0.3) is 0 Å². The van der Waals surface area contributed by atoms with Gasteiger partial charge in [-0.15, -0.1) is 0 Å². The highest BCUT2D eigenvalue weighted by molar-refractivity contribution is 5.80. The molecule has 1 rings (SSSR count). The Bertz CT molecular complexity index is 513. The Morgan fingerprint density at radius 2 is 1.70 bits per heavy atom. The van der Waals surface area contributed by atoms with Crippen LogP contribution in [0.25, 0.3) is 0 Å². The summed E-state index contributed by atoms with van der Waals surface area (Å²) in [6.07, 6.45) is 0.983. The van der Waals surface area contributed by atoms with E-state index in [2.05, 4.69) is 10.1 Å². The van der Waals surface area contributed by atoms with Crippen molar-refractivity contribution < 1.29 is 33.4 Å². The highest BCUT2D eigenvalue weighted by Gasteiger charge is 2.35. The quantitative estimate of drug-likeness (QED) is 0.581. The third-order valence-corrected chi connectivity index (χ3v) is 3.43. The van der Waals surface area contributed by atoms with E-state index in [1.807, 2.05) is 0 Å². The normalized spacial score (nSPS) is 20.9. The summed E-state index contributed by atoms with van der Waals surface area (Å²) in [4.78, 5) is 33.1. The van der Waals surface area contributed by atoms with Crippen LogP contribution in [0.4, 0.5) is 4.39 Å². The van der Waals surface area contributed by atoms with Crippen molar-refractivity contribution in [3.63, 3.8) is 0 Å². The molecule has 1 fully saturated rings. The summed E-state index contributed by atoms with van der Waals surface area (Å²) in [5, 5.41) is 11.5. The second kappa shape index (κ2) is 10.6. The van der Waals surface area contributed by atoms with Crippen LogP contribution in [0.2, 0.25) is 0 Å². The number of rotatable bonds is 6. The Hall–Kier alpha value is -1.74. The zero-order chi connectivity index (χ0) is 21.4. The maximum atomic E-state index is 13.0. The van der Waals surface area contributed by atoms with Crippen LogP contribution in [0.1, 0.15) is 60.8 Å². The Balaban J connectivity index is 0.000000516. The maximum absolute atomic E-state index is 13.0. The van der Waals surface area contributed by atoms with Crippen LogP contribution < -0.4 is 11.1 Å². The highest BCUT2D eigenvalue weighted by atomic mass is 19.1. The molecule has 0 aliphatic carbocycles. The van der Waals surface area contributed by atoms with Crippen LogP contribution in [0, 0.1) is 0 Å². The Morgan fingerprint density at radius 3 is 2.07 bits per heavy atom. The summed E-state index contributed by atoms with van der Waals surface area (Å²) in [6, 6.07) is -1.96. The molecule has 1 saturated heterocycles. The molecule has 0 saturated carbocycles. The number of ether oxygens (including phenoxy) is 2. The third-order valence-electron chi connectivity index (χ3n) is 3.43. The number of aliphatic carboxylic acids is 1. The summed E-state index contributed by atoms with van der Waals surface area (Å²) in [7, 11) is 0. The molecule has 0 aromatic heterocycles. The van der Waals surface area contributed by atoms with E-state index in [0.717, 1.165) is 0 Å². The van der Waals surface area contributed by atoms with Gasteiger partial charge in [-0.2, -0.15) is 0 Å². The fourth-order valence-electron chi connectivity index (χ4n) is 2.35. The van der Waals surface area contributed by atoms with Gasteiger partial charge in [0, 0.05) is 6.42 Å². The standard InChI is InChI=1S/C10H17NO4.C8H16FNO2/c1-10(2,3)15-9(14)7-5-4-6(11-7)8(12)13;1-4-12-7(11)6(10)5-8(2,3)9/h6-7,11H,4-5H2,1-3H3,(H,12,13);6H,4-5,10H2,1-3H3/t6-,7?;6-/m00/s1. The van der Waals surface area contributed by atoms with Gasteiger partial charge >= 0.3 is 17.9 Å². The lowest BCUT2D eigenvalue weighted by Gasteiger charge is -2.22. The molecule has 3 atom stereocenters. The second-order valence-corrected chi connectivity index (χ2v) is 8.00. The van der Waals surface area contributed by atoms with Crippen molar-refractivity contribution >= 4 is 17.9 Å². The number of hydrogen-bond donors (Lipinski definition) is 3. The molecule has 0 spiro atoms. The average Bonchev–Trinajstić information content (AvgIpc) is 2.94. The summed E-state index contributed by atoms with van der Waals surface area (Å²) in [5.74, 6) is -1.82. The third kappa shape index (κ3) is 11.6. The van der Waals surface area contributed by atoms with E-state index in [9.17, 15) is 18.8 Å². The lowest BCUT2D eigenvalue weighted by molar-refractivity contribution is -0.157. The van der Waals surface area contributed by atoms with Crippen LogP contribution in [0.15, 0.2) is 0 Å². The van der Waals surface area contributed by atoms with Crippen LogP contribution in [0.5, 0.6) is 0 Å². The van der Waals surface area contributed by atoms with Gasteiger partial charge < -0.3 is 20.3 Å². The average molecular weight is 392 g/mol. The minimum absolute atomic E-state index is 0.00810. The molecule has 8 nitrogen and oxygen atoms in total. The number of nitrogens with two attached hydrogens (primary N) is 1. The topological polar surface area (TPSA) is 128 Å². The number of esters is 2. The van der Waals surface area contributed by atoms with Gasteiger partial charge in [0.05, 0.1) is 6.61 Å². The first-order valence-corrected chi connectivity index (χ1v) is 8.99. The van der Waals surface area contributed by atoms with Gasteiger partial charge in [0.15, 0.2) is 0 Å². The molecule has 0 amide bonds. The molecule has 158 valence electrons. The number of carboxylic acids is 1. The van der Waals surface area contributed by atoms with E-state index in [4.69, 9.17) is 15.6 Å². The fourth-order valence-corrected chi connectivity index (χ4v) is 2.35. The smallest absolute Gasteiger partial charge is 0.323 e. The van der Waals surface area contributed by atoms with Crippen molar-refractivity contribution in [3.8, 4) is 0 Å². The SMILES string of the molecule is CC(C)(C)OC(=O)C1CC[C@@H](C(=O)O)N1.CCOC(=O)[C@@H](N)CC(C)(C)F. The molecule has 1 aliphatic rings. The van der Waals surface area contributed by atoms with Gasteiger partial charge in [0.1, 0.15) is 29.4 Å². The molecule has 1 aliphatic heterocycles. The first-order chi connectivity index (χ1) is 12.2. The molecular weight excluding hydrogens is 359 g/mol. The van der Waals surface area contributed by atoms with Crippen LogP contribution >= 0.6 is 0 Å². The van der Waals surface area contributed by atoms with Crippen molar-refractivity contribution in [3.05, 3.63) is 0 Å². The molecule has 0 bridgehead atoms. The monoisotopic (exact) mass is 392 g/mol. The minimum atomic E-state index is -1.42. The van der Waals surface area contributed by atoms with Crippen LogP contribution in [-0.2, 0) is 23.9 Å². The van der Waals surface area contributed by atoms with Gasteiger partial charge in [0.2, 0.25) is 0 Å². The number of carbonyl (C=O) groups excluding carboxylic acids is 2. The van der Waals surface area contributed by atoms with Crippen LogP contribution in [-0.4, -0.2) is 59.0 Å². The molecular formula is C18H33FN2O6. The van der Waals surface area contributed by atoms with E-state index < -0.39 is 41.3 Å². The number of hydrogen-bond acceptors (Lipinski definition) is 7. The van der Waals surface area contributed by atoms with E-state index in [1.165, 1.54) is 13.8 Å². The highest BCUT2D eigenvalue weighted by Crippen LogP contribution is 2.17. The van der Waals surface area contributed by atoms with Crippen molar-refractivity contribution in [1.82, 2.24) is 5.32 Å². The molecule has 9 heteroatoms. The maximum Gasteiger partial charge on any atom is 0.323 e. The van der Waals surface area contributed by atoms with E-state index in [0.29, 0.717) is 12.8 Å². The summed E-state index contributed by atoms with van der Waals surface area (Å²) in [6.45, 7) is 10.1. The molecule has 0 radical (unpaired) electrons. The molecule has 0 aromatic rings. The minimum Gasteiger partial charge on any atom is -0.480 e. The molecule has 27 heavy (non-hydrogen) atoms. The lowest BCUT2D eigenvalue weighted by atomic mass is 10.0. The van der Waals surface area contributed by atoms with Crippen LogP contribution in [0.3, 0.4) is 0 Å². The summed E-state index contributed by atoms with van der Waals surface area (Å²) in [5.41, 5.74) is 3.42. The van der Waals surface area contributed by atoms with Gasteiger partial charge in [-0.05, 0) is 54.4 Å². The van der Waals surface area contributed by atoms with E-state index >= 15 is 0 Å². The number of nitrogens with one attached hydrogen (secondary N) is 1. The summed E-state index contributed by atoms with van der Waals surface area (Å²) >= 11 is 0. The largest absolute Gasteiger partial charge is 0.480 e. The van der Waals surface area contributed by atoms with Crippen molar-refractivity contribution in [2.24, 2.45) is 5.73 Å². The van der Waals surface area contributed by atoms with Gasteiger partial charge in [-0.3, -0.25) is 19.7 Å². The molecule has 4 N–H and O–H groups in total. The number of carbonyl (C=O) groups is 3. The lowest BCUT2D eigenvalue weighted by Crippen LogP contribution is -2.42. The number of carboxylic acid groups (broad SMARTS) is 1. The molecule has 1 unspecified atom stereocenters. The molecule has 1 heterocycles. The predicted molar refractivity (Wildman–Crippen MR) is 97.8 cm³/mol. The number of halogens is 1. The Morgan fingerprint density at radius 1 is 1.19 bits per heavy atom. The predicted octanol–water partition coefficient (Wildman–Crippen LogP) is 1.55.